The summed E-state index contributed by atoms with van der Waals surface area (Å²) in [4.78, 5) is 17.2. The van der Waals surface area contributed by atoms with Crippen LogP contribution in [0, 0.1) is 5.92 Å². The van der Waals surface area contributed by atoms with Gasteiger partial charge < -0.3 is 30.5 Å². The first-order valence-electron chi connectivity index (χ1n) is 10.2. The summed E-state index contributed by atoms with van der Waals surface area (Å²) in [6, 6.07) is 6.26. The number of hydrogen-bond donors (Lipinski definition) is 4. The molecule has 1 saturated carbocycles. The first-order chi connectivity index (χ1) is 14.5. The summed E-state index contributed by atoms with van der Waals surface area (Å²) in [6.07, 6.45) is -1.84. The second-order valence-corrected chi connectivity index (χ2v) is 8.78. The normalized spacial score (nSPS) is 31.9. The van der Waals surface area contributed by atoms with Gasteiger partial charge in [-0.05, 0) is 42.9 Å². The first kappa shape index (κ1) is 21.7. The molecule has 0 unspecified atom stereocenters. The van der Waals surface area contributed by atoms with E-state index in [1.165, 1.54) is 0 Å². The van der Waals surface area contributed by atoms with Gasteiger partial charge in [0.1, 0.15) is 6.10 Å². The van der Waals surface area contributed by atoms with E-state index in [4.69, 9.17) is 28.6 Å². The van der Waals surface area contributed by atoms with Crippen molar-refractivity contribution in [3.8, 4) is 0 Å². The first-order valence-corrected chi connectivity index (χ1v) is 11.0. The molecular formula is C20H27ClN4O4S. The molecule has 4 N–H and O–H groups in total. The molecule has 0 radical (unpaired) electrons. The second kappa shape index (κ2) is 9.33. The molecular weight excluding hydrogens is 428 g/mol. The summed E-state index contributed by atoms with van der Waals surface area (Å²) >= 11 is 11.5. The Balaban J connectivity index is 1.49. The maximum atomic E-state index is 13.1. The van der Waals surface area contributed by atoms with E-state index in [0.717, 1.165) is 25.3 Å². The number of morpholine rings is 1. The number of fused-ring (bicyclic) bond motifs is 1. The van der Waals surface area contributed by atoms with Gasteiger partial charge in [0, 0.05) is 36.9 Å². The van der Waals surface area contributed by atoms with E-state index in [2.05, 4.69) is 15.5 Å². The number of thiocarbonyl (C=S) groups is 1. The third-order valence-electron chi connectivity index (χ3n) is 6.12. The van der Waals surface area contributed by atoms with Crippen LogP contribution in [-0.2, 0) is 9.53 Å². The van der Waals surface area contributed by atoms with Crippen molar-refractivity contribution in [1.29, 1.82) is 0 Å². The fourth-order valence-electron chi connectivity index (χ4n) is 4.54. The van der Waals surface area contributed by atoms with Gasteiger partial charge in [-0.1, -0.05) is 11.6 Å². The number of aliphatic hydroxyl groups excluding tert-OH is 2. The molecule has 1 aromatic rings. The third kappa shape index (κ3) is 4.42. The number of benzene rings is 1. The molecule has 10 heteroatoms. The average molecular weight is 455 g/mol. The molecule has 2 heterocycles. The number of anilines is 1. The monoisotopic (exact) mass is 454 g/mol. The molecule has 3 aliphatic rings. The highest BCUT2D eigenvalue weighted by Crippen LogP contribution is 2.37. The summed E-state index contributed by atoms with van der Waals surface area (Å²) in [7, 11) is 0. The Morgan fingerprint density at radius 2 is 1.97 bits per heavy atom. The number of carbonyl (C=O) groups is 1. The summed E-state index contributed by atoms with van der Waals surface area (Å²) in [5.41, 5.74) is 0.791. The number of carbonyl (C=O) groups excluding carboxylic acids is 1. The number of hydrogen-bond acceptors (Lipinski definition) is 6. The van der Waals surface area contributed by atoms with Crippen molar-refractivity contribution >= 4 is 40.5 Å². The van der Waals surface area contributed by atoms with E-state index in [1.807, 2.05) is 17.0 Å². The van der Waals surface area contributed by atoms with Crippen LogP contribution in [0.1, 0.15) is 6.42 Å². The maximum absolute atomic E-state index is 13.1. The highest BCUT2D eigenvalue weighted by atomic mass is 35.5. The minimum atomic E-state index is -1.01. The number of rotatable bonds is 5. The van der Waals surface area contributed by atoms with E-state index in [1.54, 1.807) is 12.1 Å². The topological polar surface area (TPSA) is 97.3 Å². The molecule has 2 aliphatic heterocycles. The van der Waals surface area contributed by atoms with Crippen LogP contribution >= 0.6 is 23.8 Å². The number of nitrogens with zero attached hydrogens (tertiary/aromatic N) is 2. The van der Waals surface area contributed by atoms with Crippen LogP contribution in [0.4, 0.5) is 5.69 Å². The van der Waals surface area contributed by atoms with Crippen LogP contribution in [0.3, 0.4) is 0 Å². The number of amides is 1. The van der Waals surface area contributed by atoms with Crippen LogP contribution in [0.2, 0.25) is 5.02 Å². The molecule has 0 spiro atoms. The molecule has 0 aromatic heterocycles. The Morgan fingerprint density at radius 3 is 2.67 bits per heavy atom. The quantitative estimate of drug-likeness (QED) is 0.460. The fraction of sp³-hybridized carbons (Fsp3) is 0.600. The lowest BCUT2D eigenvalue weighted by Gasteiger charge is -2.41. The molecule has 5 atom stereocenters. The summed E-state index contributed by atoms with van der Waals surface area (Å²) < 4.78 is 5.35. The van der Waals surface area contributed by atoms with Crippen molar-refractivity contribution in [2.75, 3.05) is 44.3 Å². The van der Waals surface area contributed by atoms with Gasteiger partial charge in [-0.2, -0.15) is 0 Å². The molecule has 1 aliphatic carbocycles. The minimum absolute atomic E-state index is 0.144. The van der Waals surface area contributed by atoms with E-state index in [-0.39, 0.29) is 12.3 Å². The third-order valence-corrected chi connectivity index (χ3v) is 6.68. The Labute approximate surface area is 186 Å². The Bertz CT molecular complexity index is 777. The Hall–Kier alpha value is -1.49. The highest BCUT2D eigenvalue weighted by molar-refractivity contribution is 7.80. The second-order valence-electron chi connectivity index (χ2n) is 7.96. The summed E-state index contributed by atoms with van der Waals surface area (Å²) in [6.45, 7) is 4.41. The van der Waals surface area contributed by atoms with Crippen molar-refractivity contribution in [2.24, 2.45) is 5.92 Å². The number of halogens is 1. The van der Waals surface area contributed by atoms with Crippen LogP contribution in [0.5, 0.6) is 0 Å². The highest BCUT2D eigenvalue weighted by Gasteiger charge is 2.53. The SMILES string of the molecule is O=C(NCCN1CCOCC1)[C@@H]1C[C@@H](O)[C@H](O)[C@@H]2NC(=S)N(c3ccc(Cl)cc3)[C@@H]21. The van der Waals surface area contributed by atoms with Crippen molar-refractivity contribution in [2.45, 2.75) is 30.7 Å². The molecule has 3 fully saturated rings. The van der Waals surface area contributed by atoms with Gasteiger partial charge in [0.05, 0.1) is 37.3 Å². The lowest BCUT2D eigenvalue weighted by atomic mass is 9.77. The zero-order chi connectivity index (χ0) is 21.3. The zero-order valence-electron chi connectivity index (χ0n) is 16.5. The molecule has 2 saturated heterocycles. The molecule has 8 nitrogen and oxygen atoms in total. The van der Waals surface area contributed by atoms with Crippen molar-refractivity contribution in [3.05, 3.63) is 29.3 Å². The molecule has 1 aromatic carbocycles. The van der Waals surface area contributed by atoms with Crippen LogP contribution in [-0.4, -0.2) is 89.8 Å². The lowest BCUT2D eigenvalue weighted by molar-refractivity contribution is -0.131. The van der Waals surface area contributed by atoms with Gasteiger partial charge in [0.15, 0.2) is 5.11 Å². The number of aliphatic hydroxyl groups is 2. The average Bonchev–Trinajstić information content (AvgIpc) is 3.09. The van der Waals surface area contributed by atoms with Crippen molar-refractivity contribution in [1.82, 2.24) is 15.5 Å². The predicted molar refractivity (Wildman–Crippen MR) is 118 cm³/mol. The molecule has 0 bridgehead atoms. The Morgan fingerprint density at radius 1 is 1.27 bits per heavy atom. The van der Waals surface area contributed by atoms with Crippen molar-refractivity contribution in [3.63, 3.8) is 0 Å². The van der Waals surface area contributed by atoms with Crippen LogP contribution in [0.25, 0.3) is 0 Å². The fourth-order valence-corrected chi connectivity index (χ4v) is 5.02. The van der Waals surface area contributed by atoms with Gasteiger partial charge >= 0.3 is 0 Å². The standard InChI is InChI=1S/C20H27ClN4O4S/c21-12-1-3-13(4-2-12)25-17-14(11-15(26)18(27)16(17)23-20(25)30)19(28)22-5-6-24-7-9-29-10-8-24/h1-4,14-18,26-27H,5-11H2,(H,22,28)(H,23,30)/t14-,15-,16-,17-,18+/m1/s1. The Kier molecular flexibility index (Phi) is 6.76. The van der Waals surface area contributed by atoms with Crippen LogP contribution < -0.4 is 15.5 Å². The zero-order valence-corrected chi connectivity index (χ0v) is 18.1. The van der Waals surface area contributed by atoms with Gasteiger partial charge in [-0.25, -0.2) is 0 Å². The van der Waals surface area contributed by atoms with Gasteiger partial charge in [-0.15, -0.1) is 0 Å². The van der Waals surface area contributed by atoms with E-state index >= 15 is 0 Å². The summed E-state index contributed by atoms with van der Waals surface area (Å²) in [5, 5.41) is 28.1. The van der Waals surface area contributed by atoms with E-state index < -0.39 is 30.2 Å². The summed E-state index contributed by atoms with van der Waals surface area (Å²) in [5.74, 6) is -0.670. The van der Waals surface area contributed by atoms with E-state index in [9.17, 15) is 15.0 Å². The molecule has 4 rings (SSSR count). The number of nitrogens with one attached hydrogen (secondary N) is 2. The lowest BCUT2D eigenvalue weighted by Crippen LogP contribution is -2.61. The molecule has 30 heavy (non-hydrogen) atoms. The maximum Gasteiger partial charge on any atom is 0.225 e. The number of ether oxygens (including phenoxy) is 1. The van der Waals surface area contributed by atoms with Crippen molar-refractivity contribution < 1.29 is 19.7 Å². The minimum Gasteiger partial charge on any atom is -0.390 e. The van der Waals surface area contributed by atoms with Gasteiger partial charge in [0.2, 0.25) is 5.91 Å². The largest absolute Gasteiger partial charge is 0.390 e. The molecule has 1 amide bonds. The predicted octanol–water partition coefficient (Wildman–Crippen LogP) is -0.0382. The molecule has 164 valence electrons. The van der Waals surface area contributed by atoms with Crippen LogP contribution in [0.15, 0.2) is 24.3 Å². The smallest absolute Gasteiger partial charge is 0.225 e. The van der Waals surface area contributed by atoms with Gasteiger partial charge in [0.25, 0.3) is 0 Å². The van der Waals surface area contributed by atoms with Gasteiger partial charge in [-0.3, -0.25) is 9.69 Å². The van der Waals surface area contributed by atoms with E-state index in [0.29, 0.717) is 29.9 Å².